The molecule has 5 heteroatoms. The maximum atomic E-state index is 12.4. The molecule has 1 aromatic carbocycles. The van der Waals surface area contributed by atoms with Crippen molar-refractivity contribution in [3.05, 3.63) is 24.3 Å². The van der Waals surface area contributed by atoms with Gasteiger partial charge in [-0.25, -0.2) is 0 Å². The van der Waals surface area contributed by atoms with Gasteiger partial charge in [0.2, 0.25) is 5.91 Å². The van der Waals surface area contributed by atoms with Crippen LogP contribution in [0.3, 0.4) is 0 Å². The highest BCUT2D eigenvalue weighted by molar-refractivity contribution is 5.94. The summed E-state index contributed by atoms with van der Waals surface area (Å²) in [7, 11) is 1.63. The van der Waals surface area contributed by atoms with Gasteiger partial charge in [-0.2, -0.15) is 0 Å². The summed E-state index contributed by atoms with van der Waals surface area (Å²) in [4.78, 5) is 14.6. The molecule has 1 aliphatic heterocycles. The van der Waals surface area contributed by atoms with Gasteiger partial charge in [-0.1, -0.05) is 6.92 Å². The molecule has 0 bridgehead atoms. The summed E-state index contributed by atoms with van der Waals surface area (Å²) in [5.41, 5.74) is 0.810. The van der Waals surface area contributed by atoms with Crippen molar-refractivity contribution in [1.82, 2.24) is 10.2 Å². The molecule has 110 valence electrons. The lowest BCUT2D eigenvalue weighted by atomic mass is 10.1. The Labute approximate surface area is 120 Å². The van der Waals surface area contributed by atoms with Crippen molar-refractivity contribution < 1.29 is 9.53 Å². The number of carbonyl (C=O) groups excluding carboxylic acids is 1. The van der Waals surface area contributed by atoms with Crippen LogP contribution in [-0.4, -0.2) is 50.1 Å². The van der Waals surface area contributed by atoms with Gasteiger partial charge in [0.15, 0.2) is 0 Å². The molecule has 1 fully saturated rings. The Hall–Kier alpha value is -1.59. The van der Waals surface area contributed by atoms with E-state index in [1.807, 2.05) is 24.3 Å². The van der Waals surface area contributed by atoms with Gasteiger partial charge in [0.25, 0.3) is 0 Å². The zero-order valence-electron chi connectivity index (χ0n) is 12.2. The molecule has 2 rings (SSSR count). The summed E-state index contributed by atoms with van der Waals surface area (Å²) in [5, 5.41) is 6.29. The Kier molecular flexibility index (Phi) is 5.38. The first-order chi connectivity index (χ1) is 9.74. The minimum Gasteiger partial charge on any atom is -0.497 e. The van der Waals surface area contributed by atoms with E-state index in [-0.39, 0.29) is 11.9 Å². The molecule has 1 unspecified atom stereocenters. The van der Waals surface area contributed by atoms with Crippen molar-refractivity contribution in [3.8, 4) is 5.75 Å². The topological polar surface area (TPSA) is 53.6 Å². The fraction of sp³-hybridized carbons (Fsp3) is 0.533. The third-order valence-corrected chi connectivity index (χ3v) is 3.64. The van der Waals surface area contributed by atoms with Crippen LogP contribution in [0.15, 0.2) is 24.3 Å². The standard InChI is InChI=1S/C15H23N3O2/c1-3-14(18-10-8-16-9-11-18)15(19)17-12-4-6-13(20-2)7-5-12/h4-7,14,16H,3,8-11H2,1-2H3,(H,17,19). The summed E-state index contributed by atoms with van der Waals surface area (Å²) < 4.78 is 5.11. The smallest absolute Gasteiger partial charge is 0.241 e. The van der Waals surface area contributed by atoms with E-state index in [1.165, 1.54) is 0 Å². The minimum absolute atomic E-state index is 0.0563. The maximum absolute atomic E-state index is 12.4. The van der Waals surface area contributed by atoms with Gasteiger partial charge in [-0.05, 0) is 30.7 Å². The second-order valence-corrected chi connectivity index (χ2v) is 4.93. The molecule has 1 amide bonds. The molecule has 0 radical (unpaired) electrons. The number of hydrogen-bond donors (Lipinski definition) is 2. The molecule has 2 N–H and O–H groups in total. The molecular formula is C15H23N3O2. The van der Waals surface area contributed by atoms with E-state index in [1.54, 1.807) is 7.11 Å². The molecule has 1 atom stereocenters. The zero-order chi connectivity index (χ0) is 14.4. The molecule has 0 aliphatic carbocycles. The van der Waals surface area contributed by atoms with Crippen LogP contribution in [0.4, 0.5) is 5.69 Å². The van der Waals surface area contributed by atoms with Crippen LogP contribution in [0.2, 0.25) is 0 Å². The van der Waals surface area contributed by atoms with E-state index in [4.69, 9.17) is 4.74 Å². The highest BCUT2D eigenvalue weighted by Crippen LogP contribution is 2.16. The number of ether oxygens (including phenoxy) is 1. The SMILES string of the molecule is CCC(C(=O)Nc1ccc(OC)cc1)N1CCNCC1. The number of amides is 1. The van der Waals surface area contributed by atoms with Crippen LogP contribution < -0.4 is 15.4 Å². The first-order valence-electron chi connectivity index (χ1n) is 7.14. The number of anilines is 1. The molecule has 1 saturated heterocycles. The predicted molar refractivity (Wildman–Crippen MR) is 80.1 cm³/mol. The fourth-order valence-electron chi connectivity index (χ4n) is 2.50. The van der Waals surface area contributed by atoms with Crippen molar-refractivity contribution in [2.75, 3.05) is 38.6 Å². The highest BCUT2D eigenvalue weighted by atomic mass is 16.5. The lowest BCUT2D eigenvalue weighted by Gasteiger charge is -2.33. The highest BCUT2D eigenvalue weighted by Gasteiger charge is 2.25. The van der Waals surface area contributed by atoms with Gasteiger partial charge in [0.1, 0.15) is 5.75 Å². The van der Waals surface area contributed by atoms with Crippen molar-refractivity contribution in [2.45, 2.75) is 19.4 Å². The second-order valence-electron chi connectivity index (χ2n) is 4.93. The van der Waals surface area contributed by atoms with Gasteiger partial charge in [-0.3, -0.25) is 9.69 Å². The summed E-state index contributed by atoms with van der Waals surface area (Å²) in [6, 6.07) is 7.37. The summed E-state index contributed by atoms with van der Waals surface area (Å²) in [5.74, 6) is 0.858. The normalized spacial score (nSPS) is 17.5. The Morgan fingerprint density at radius 2 is 2.00 bits per heavy atom. The average Bonchev–Trinajstić information content (AvgIpc) is 2.50. The zero-order valence-corrected chi connectivity index (χ0v) is 12.2. The lowest BCUT2D eigenvalue weighted by Crippen LogP contribution is -2.52. The van der Waals surface area contributed by atoms with E-state index in [9.17, 15) is 4.79 Å². The van der Waals surface area contributed by atoms with Crippen LogP contribution >= 0.6 is 0 Å². The van der Waals surface area contributed by atoms with Gasteiger partial charge < -0.3 is 15.4 Å². The molecule has 5 nitrogen and oxygen atoms in total. The summed E-state index contributed by atoms with van der Waals surface area (Å²) >= 11 is 0. The molecule has 20 heavy (non-hydrogen) atoms. The van der Waals surface area contributed by atoms with Crippen molar-refractivity contribution in [1.29, 1.82) is 0 Å². The second kappa shape index (κ2) is 7.26. The van der Waals surface area contributed by atoms with Crippen LogP contribution in [0.1, 0.15) is 13.3 Å². The number of methoxy groups -OCH3 is 1. The average molecular weight is 277 g/mol. The van der Waals surface area contributed by atoms with E-state index >= 15 is 0 Å². The van der Waals surface area contributed by atoms with Crippen LogP contribution in [-0.2, 0) is 4.79 Å². The largest absolute Gasteiger partial charge is 0.497 e. The number of piperazine rings is 1. The van der Waals surface area contributed by atoms with E-state index < -0.39 is 0 Å². The monoisotopic (exact) mass is 277 g/mol. The Bertz CT molecular complexity index is 427. The number of benzene rings is 1. The molecular weight excluding hydrogens is 254 g/mol. The molecule has 0 aromatic heterocycles. The number of carbonyl (C=O) groups is 1. The number of nitrogens with zero attached hydrogens (tertiary/aromatic N) is 1. The number of hydrogen-bond acceptors (Lipinski definition) is 4. The predicted octanol–water partition coefficient (Wildman–Crippen LogP) is 1.32. The first-order valence-corrected chi connectivity index (χ1v) is 7.14. The Balaban J connectivity index is 1.97. The number of rotatable bonds is 5. The summed E-state index contributed by atoms with van der Waals surface area (Å²) in [6.07, 6.45) is 0.821. The van der Waals surface area contributed by atoms with Gasteiger partial charge in [-0.15, -0.1) is 0 Å². The van der Waals surface area contributed by atoms with Crippen molar-refractivity contribution >= 4 is 11.6 Å². The van der Waals surface area contributed by atoms with Gasteiger partial charge in [0.05, 0.1) is 13.2 Å². The van der Waals surface area contributed by atoms with Crippen molar-refractivity contribution in [2.24, 2.45) is 0 Å². The maximum Gasteiger partial charge on any atom is 0.241 e. The van der Waals surface area contributed by atoms with Crippen molar-refractivity contribution in [3.63, 3.8) is 0 Å². The van der Waals surface area contributed by atoms with E-state index in [2.05, 4.69) is 22.5 Å². The molecule has 1 aliphatic rings. The Morgan fingerprint density at radius 1 is 1.35 bits per heavy atom. The fourth-order valence-corrected chi connectivity index (χ4v) is 2.50. The third kappa shape index (κ3) is 3.71. The van der Waals surface area contributed by atoms with Crippen LogP contribution in [0, 0.1) is 0 Å². The van der Waals surface area contributed by atoms with E-state index in [0.717, 1.165) is 44.0 Å². The Morgan fingerprint density at radius 3 is 2.55 bits per heavy atom. The lowest BCUT2D eigenvalue weighted by molar-refractivity contribution is -0.121. The van der Waals surface area contributed by atoms with Crippen LogP contribution in [0.25, 0.3) is 0 Å². The minimum atomic E-state index is -0.0563. The molecule has 1 aromatic rings. The molecule has 1 heterocycles. The van der Waals surface area contributed by atoms with E-state index in [0.29, 0.717) is 0 Å². The first kappa shape index (κ1) is 14.8. The molecule has 0 saturated carbocycles. The third-order valence-electron chi connectivity index (χ3n) is 3.64. The summed E-state index contributed by atoms with van der Waals surface area (Å²) in [6.45, 7) is 5.81. The molecule has 0 spiro atoms. The number of nitrogens with one attached hydrogen (secondary N) is 2. The van der Waals surface area contributed by atoms with Crippen LogP contribution in [0.5, 0.6) is 5.75 Å². The van der Waals surface area contributed by atoms with Gasteiger partial charge in [0, 0.05) is 31.9 Å². The quantitative estimate of drug-likeness (QED) is 0.852. The van der Waals surface area contributed by atoms with Gasteiger partial charge >= 0.3 is 0 Å².